The average molecular weight is 288 g/mol. The van der Waals surface area contributed by atoms with E-state index in [4.69, 9.17) is 16.7 Å². The van der Waals surface area contributed by atoms with Gasteiger partial charge >= 0.3 is 5.97 Å². The molecule has 1 atom stereocenters. The molecule has 4 nitrogen and oxygen atoms in total. The second-order valence-corrected chi connectivity index (χ2v) is 5.09. The van der Waals surface area contributed by atoms with Gasteiger partial charge in [-0.15, -0.1) is 11.8 Å². The number of carbonyl (C=O) groups is 2. The van der Waals surface area contributed by atoms with Crippen LogP contribution in [0.15, 0.2) is 24.3 Å². The number of carboxylic acids is 1. The summed E-state index contributed by atoms with van der Waals surface area (Å²) in [5, 5.41) is 11.8. The number of benzene rings is 1. The van der Waals surface area contributed by atoms with Gasteiger partial charge in [-0.3, -0.25) is 9.59 Å². The van der Waals surface area contributed by atoms with Crippen LogP contribution in [0.25, 0.3) is 0 Å². The number of amides is 1. The molecule has 1 amide bonds. The summed E-state index contributed by atoms with van der Waals surface area (Å²) in [5.41, 5.74) is 0.843. The molecule has 0 aliphatic heterocycles. The normalized spacial score (nSPS) is 11.9. The SMILES string of the molecule is CC(NC(=O)CSCC(=O)O)c1ccccc1Cl. The Bertz CT molecular complexity index is 439. The third kappa shape index (κ3) is 4.98. The van der Waals surface area contributed by atoms with Crippen molar-refractivity contribution in [1.29, 1.82) is 0 Å². The van der Waals surface area contributed by atoms with Crippen LogP contribution in [0.3, 0.4) is 0 Å². The molecule has 0 saturated carbocycles. The number of thioether (sulfide) groups is 1. The van der Waals surface area contributed by atoms with E-state index in [1.807, 2.05) is 25.1 Å². The van der Waals surface area contributed by atoms with Crippen molar-refractivity contribution in [2.45, 2.75) is 13.0 Å². The van der Waals surface area contributed by atoms with E-state index in [0.29, 0.717) is 5.02 Å². The molecule has 1 aromatic carbocycles. The van der Waals surface area contributed by atoms with Crippen LogP contribution in [0.4, 0.5) is 0 Å². The average Bonchev–Trinajstić information content (AvgIpc) is 2.28. The highest BCUT2D eigenvalue weighted by Crippen LogP contribution is 2.22. The van der Waals surface area contributed by atoms with Gasteiger partial charge in [0, 0.05) is 5.02 Å². The van der Waals surface area contributed by atoms with E-state index < -0.39 is 5.97 Å². The minimum absolute atomic E-state index is 0.0755. The highest BCUT2D eigenvalue weighted by atomic mass is 35.5. The van der Waals surface area contributed by atoms with Crippen molar-refractivity contribution in [1.82, 2.24) is 5.32 Å². The molecule has 0 spiro atoms. The first-order valence-electron chi connectivity index (χ1n) is 5.34. The lowest BCUT2D eigenvalue weighted by Crippen LogP contribution is -2.28. The van der Waals surface area contributed by atoms with E-state index in [1.54, 1.807) is 6.07 Å². The van der Waals surface area contributed by atoms with Gasteiger partial charge in [-0.2, -0.15) is 0 Å². The predicted molar refractivity (Wildman–Crippen MR) is 73.0 cm³/mol. The first-order chi connectivity index (χ1) is 8.50. The van der Waals surface area contributed by atoms with Crippen LogP contribution >= 0.6 is 23.4 Å². The maximum absolute atomic E-state index is 11.6. The lowest BCUT2D eigenvalue weighted by Gasteiger charge is -2.15. The number of hydrogen-bond donors (Lipinski definition) is 2. The van der Waals surface area contributed by atoms with Crippen LogP contribution in [-0.4, -0.2) is 28.5 Å². The van der Waals surface area contributed by atoms with Gasteiger partial charge in [-0.1, -0.05) is 29.8 Å². The molecule has 1 rings (SSSR count). The largest absolute Gasteiger partial charge is 0.481 e. The number of carbonyl (C=O) groups excluding carboxylic acids is 1. The van der Waals surface area contributed by atoms with Gasteiger partial charge in [0.15, 0.2) is 0 Å². The van der Waals surface area contributed by atoms with Gasteiger partial charge in [0.2, 0.25) is 5.91 Å². The Balaban J connectivity index is 2.45. The number of nitrogens with one attached hydrogen (secondary N) is 1. The second-order valence-electron chi connectivity index (χ2n) is 3.70. The molecule has 1 unspecified atom stereocenters. The summed E-state index contributed by atoms with van der Waals surface area (Å²) >= 11 is 7.08. The van der Waals surface area contributed by atoms with E-state index in [0.717, 1.165) is 17.3 Å². The monoisotopic (exact) mass is 287 g/mol. The molecule has 0 heterocycles. The molecule has 1 aromatic rings. The minimum atomic E-state index is -0.924. The smallest absolute Gasteiger partial charge is 0.313 e. The second kappa shape index (κ2) is 7.28. The molecule has 98 valence electrons. The molecule has 0 aliphatic rings. The van der Waals surface area contributed by atoms with E-state index in [9.17, 15) is 9.59 Å². The molecular weight excluding hydrogens is 274 g/mol. The summed E-state index contributed by atoms with van der Waals surface area (Å²) in [6.07, 6.45) is 0. The third-order valence-electron chi connectivity index (χ3n) is 2.21. The van der Waals surface area contributed by atoms with Crippen molar-refractivity contribution < 1.29 is 14.7 Å². The Kier molecular flexibility index (Phi) is 6.01. The third-order valence-corrected chi connectivity index (χ3v) is 3.47. The number of carboxylic acid groups (broad SMARTS) is 1. The molecule has 0 bridgehead atoms. The van der Waals surface area contributed by atoms with Crippen molar-refractivity contribution in [3.05, 3.63) is 34.9 Å². The van der Waals surface area contributed by atoms with Gasteiger partial charge in [0.25, 0.3) is 0 Å². The summed E-state index contributed by atoms with van der Waals surface area (Å²) in [7, 11) is 0. The Morgan fingerprint density at radius 3 is 2.67 bits per heavy atom. The fourth-order valence-corrected chi connectivity index (χ4v) is 2.26. The summed E-state index contributed by atoms with van der Waals surface area (Å²) in [6, 6.07) is 7.08. The quantitative estimate of drug-likeness (QED) is 0.843. The van der Waals surface area contributed by atoms with Crippen molar-refractivity contribution in [2.75, 3.05) is 11.5 Å². The zero-order valence-corrected chi connectivity index (χ0v) is 11.4. The molecule has 2 N–H and O–H groups in total. The van der Waals surface area contributed by atoms with Crippen LogP contribution in [0.2, 0.25) is 5.02 Å². The highest BCUT2D eigenvalue weighted by molar-refractivity contribution is 8.00. The lowest BCUT2D eigenvalue weighted by molar-refractivity contribution is -0.133. The Hall–Kier alpha value is -1.20. The van der Waals surface area contributed by atoms with Crippen LogP contribution in [0.5, 0.6) is 0 Å². The summed E-state index contributed by atoms with van der Waals surface area (Å²) in [5.74, 6) is -1.07. The molecule has 0 radical (unpaired) electrons. The van der Waals surface area contributed by atoms with Gasteiger partial charge in [-0.25, -0.2) is 0 Å². The van der Waals surface area contributed by atoms with E-state index in [2.05, 4.69) is 5.32 Å². The fraction of sp³-hybridized carbons (Fsp3) is 0.333. The molecule has 0 saturated heterocycles. The molecule has 6 heteroatoms. The highest BCUT2D eigenvalue weighted by Gasteiger charge is 2.12. The molecular formula is C12H14ClNO3S. The molecule has 18 heavy (non-hydrogen) atoms. The zero-order chi connectivity index (χ0) is 13.5. The molecule has 0 fully saturated rings. The number of halogens is 1. The van der Waals surface area contributed by atoms with Gasteiger partial charge < -0.3 is 10.4 Å². The predicted octanol–water partition coefficient (Wildman–Crippen LogP) is 2.33. The minimum Gasteiger partial charge on any atom is -0.481 e. The van der Waals surface area contributed by atoms with E-state index in [1.165, 1.54) is 0 Å². The zero-order valence-electron chi connectivity index (χ0n) is 9.85. The van der Waals surface area contributed by atoms with Crippen molar-refractivity contribution in [3.8, 4) is 0 Å². The first-order valence-corrected chi connectivity index (χ1v) is 6.87. The topological polar surface area (TPSA) is 66.4 Å². The fourth-order valence-electron chi connectivity index (χ4n) is 1.42. The van der Waals surface area contributed by atoms with Crippen LogP contribution < -0.4 is 5.32 Å². The van der Waals surface area contributed by atoms with Crippen LogP contribution in [0, 0.1) is 0 Å². The maximum atomic E-state index is 11.6. The number of hydrogen-bond acceptors (Lipinski definition) is 3. The summed E-state index contributed by atoms with van der Waals surface area (Å²) in [4.78, 5) is 21.9. The van der Waals surface area contributed by atoms with Crippen molar-refractivity contribution in [3.63, 3.8) is 0 Å². The van der Waals surface area contributed by atoms with Gasteiger partial charge in [0.1, 0.15) is 0 Å². The maximum Gasteiger partial charge on any atom is 0.313 e. The number of rotatable bonds is 6. The van der Waals surface area contributed by atoms with Gasteiger partial charge in [0.05, 0.1) is 17.5 Å². The Morgan fingerprint density at radius 2 is 2.06 bits per heavy atom. The lowest BCUT2D eigenvalue weighted by atomic mass is 10.1. The molecule has 0 aliphatic carbocycles. The molecule has 0 aromatic heterocycles. The van der Waals surface area contributed by atoms with Crippen LogP contribution in [0.1, 0.15) is 18.5 Å². The standard InChI is InChI=1S/C12H14ClNO3S/c1-8(9-4-2-3-5-10(9)13)14-11(15)6-18-7-12(16)17/h2-5,8H,6-7H2,1H3,(H,14,15)(H,16,17). The van der Waals surface area contributed by atoms with E-state index in [-0.39, 0.29) is 23.5 Å². The van der Waals surface area contributed by atoms with Crippen molar-refractivity contribution >= 4 is 35.2 Å². The number of aliphatic carboxylic acids is 1. The summed E-state index contributed by atoms with van der Waals surface area (Å²) in [6.45, 7) is 1.83. The Labute approximate surface area is 115 Å². The van der Waals surface area contributed by atoms with Crippen molar-refractivity contribution in [2.24, 2.45) is 0 Å². The van der Waals surface area contributed by atoms with E-state index >= 15 is 0 Å². The first kappa shape index (κ1) is 14.9. The Morgan fingerprint density at radius 1 is 1.39 bits per heavy atom. The summed E-state index contributed by atoms with van der Waals surface area (Å²) < 4.78 is 0. The van der Waals surface area contributed by atoms with Crippen LogP contribution in [-0.2, 0) is 9.59 Å². The van der Waals surface area contributed by atoms with Gasteiger partial charge in [-0.05, 0) is 18.6 Å².